The van der Waals surface area contributed by atoms with Crippen molar-refractivity contribution in [3.63, 3.8) is 0 Å². The molecule has 0 aliphatic carbocycles. The van der Waals surface area contributed by atoms with Crippen LogP contribution in [-0.2, 0) is 0 Å². The molecule has 2 aromatic rings. The highest BCUT2D eigenvalue weighted by Gasteiger charge is 2.11. The van der Waals surface area contributed by atoms with Gasteiger partial charge in [0.2, 0.25) is 5.91 Å². The second-order valence-electron chi connectivity index (χ2n) is 4.13. The highest BCUT2D eigenvalue weighted by Crippen LogP contribution is 2.19. The number of primary amides is 1. The smallest absolute Gasteiger partial charge is 0.257 e. The van der Waals surface area contributed by atoms with Gasteiger partial charge in [-0.05, 0) is 36.4 Å². The van der Waals surface area contributed by atoms with E-state index >= 15 is 0 Å². The maximum absolute atomic E-state index is 12.1. The predicted octanol–water partition coefficient (Wildman–Crippen LogP) is 2.27. The summed E-state index contributed by atoms with van der Waals surface area (Å²) in [5.74, 6) is -0.951. The van der Waals surface area contributed by atoms with Gasteiger partial charge in [-0.25, -0.2) is 0 Å². The lowest BCUT2D eigenvalue weighted by Gasteiger charge is -2.08. The van der Waals surface area contributed by atoms with Crippen LogP contribution in [-0.4, -0.2) is 11.8 Å². The molecule has 0 aliphatic rings. The topological polar surface area (TPSA) is 98.2 Å². The Morgan fingerprint density at radius 1 is 1.10 bits per heavy atom. The summed E-state index contributed by atoms with van der Waals surface area (Å²) in [6.07, 6.45) is 0. The summed E-state index contributed by atoms with van der Waals surface area (Å²) in [7, 11) is 0. The molecule has 102 valence electrons. The van der Waals surface area contributed by atoms with Gasteiger partial charge in [-0.3, -0.25) is 9.59 Å². The Balaban J connectivity index is 2.23. The van der Waals surface area contributed by atoms with E-state index in [9.17, 15) is 9.59 Å². The van der Waals surface area contributed by atoms with Crippen molar-refractivity contribution in [2.24, 2.45) is 5.73 Å². The van der Waals surface area contributed by atoms with Crippen LogP contribution >= 0.6 is 11.6 Å². The lowest BCUT2D eigenvalue weighted by Crippen LogP contribution is -2.15. The van der Waals surface area contributed by atoms with Gasteiger partial charge in [0, 0.05) is 22.0 Å². The molecule has 0 spiro atoms. The molecule has 20 heavy (non-hydrogen) atoms. The summed E-state index contributed by atoms with van der Waals surface area (Å²) in [6.45, 7) is 0. The second-order valence-corrected chi connectivity index (χ2v) is 4.57. The molecule has 5 nitrogen and oxygen atoms in total. The van der Waals surface area contributed by atoms with E-state index < -0.39 is 5.91 Å². The van der Waals surface area contributed by atoms with Crippen molar-refractivity contribution in [2.45, 2.75) is 0 Å². The quantitative estimate of drug-likeness (QED) is 0.756. The summed E-state index contributed by atoms with van der Waals surface area (Å²) in [5, 5.41) is 3.10. The molecule has 2 amide bonds. The summed E-state index contributed by atoms with van der Waals surface area (Å²) < 4.78 is 0. The molecule has 0 fully saturated rings. The highest BCUT2D eigenvalue weighted by atomic mass is 35.5. The van der Waals surface area contributed by atoms with Crippen molar-refractivity contribution < 1.29 is 9.59 Å². The number of hydrogen-bond acceptors (Lipinski definition) is 3. The van der Waals surface area contributed by atoms with Gasteiger partial charge in [0.05, 0.1) is 5.56 Å². The average molecular weight is 290 g/mol. The molecule has 5 N–H and O–H groups in total. The molecule has 0 saturated carbocycles. The zero-order chi connectivity index (χ0) is 14.7. The number of nitrogens with two attached hydrogens (primary N) is 2. The zero-order valence-electron chi connectivity index (χ0n) is 10.4. The van der Waals surface area contributed by atoms with Gasteiger partial charge in [-0.1, -0.05) is 17.7 Å². The normalized spacial score (nSPS) is 10.1. The zero-order valence-corrected chi connectivity index (χ0v) is 11.1. The van der Waals surface area contributed by atoms with E-state index in [1.54, 1.807) is 24.3 Å². The molecule has 0 radical (unpaired) electrons. The van der Waals surface area contributed by atoms with E-state index in [1.807, 2.05) is 0 Å². The summed E-state index contributed by atoms with van der Waals surface area (Å²) in [6, 6.07) is 10.9. The maximum atomic E-state index is 12.1. The Kier molecular flexibility index (Phi) is 3.91. The number of carbonyl (C=O) groups excluding carboxylic acids is 2. The summed E-state index contributed by atoms with van der Waals surface area (Å²) in [4.78, 5) is 23.2. The van der Waals surface area contributed by atoms with E-state index in [-0.39, 0.29) is 11.6 Å². The van der Waals surface area contributed by atoms with Crippen molar-refractivity contribution in [3.8, 4) is 0 Å². The number of anilines is 2. The molecule has 0 saturated heterocycles. The van der Waals surface area contributed by atoms with Crippen molar-refractivity contribution in [3.05, 3.63) is 58.6 Å². The van der Waals surface area contributed by atoms with Gasteiger partial charge < -0.3 is 16.8 Å². The molecule has 0 atom stereocenters. The molecular formula is C14H12ClN3O2. The SMILES string of the molecule is NC(=O)c1cccc(NC(=O)c2ccc(Cl)cc2N)c1. The van der Waals surface area contributed by atoms with Crippen LogP contribution in [0.3, 0.4) is 0 Å². The number of amides is 2. The van der Waals surface area contributed by atoms with Gasteiger partial charge in [0.1, 0.15) is 0 Å². The summed E-state index contributed by atoms with van der Waals surface area (Å²) in [5.41, 5.74) is 12.3. The van der Waals surface area contributed by atoms with Crippen molar-refractivity contribution >= 4 is 34.8 Å². The molecule has 0 aromatic heterocycles. The number of hydrogen-bond donors (Lipinski definition) is 3. The van der Waals surface area contributed by atoms with Gasteiger partial charge in [-0.15, -0.1) is 0 Å². The third-order valence-corrected chi connectivity index (χ3v) is 2.90. The number of benzene rings is 2. The fourth-order valence-corrected chi connectivity index (χ4v) is 1.87. The lowest BCUT2D eigenvalue weighted by atomic mass is 10.1. The number of nitrogen functional groups attached to an aromatic ring is 1. The van der Waals surface area contributed by atoms with E-state index in [4.69, 9.17) is 23.1 Å². The van der Waals surface area contributed by atoms with Crippen LogP contribution in [0.5, 0.6) is 0 Å². The first-order valence-corrected chi connectivity index (χ1v) is 6.11. The Morgan fingerprint density at radius 2 is 1.85 bits per heavy atom. The first-order chi connectivity index (χ1) is 9.47. The average Bonchev–Trinajstić information content (AvgIpc) is 2.38. The van der Waals surface area contributed by atoms with Gasteiger partial charge in [-0.2, -0.15) is 0 Å². The molecule has 0 aliphatic heterocycles. The maximum Gasteiger partial charge on any atom is 0.257 e. The van der Waals surface area contributed by atoms with E-state index in [2.05, 4.69) is 5.32 Å². The molecule has 2 aromatic carbocycles. The molecule has 0 unspecified atom stereocenters. The number of rotatable bonds is 3. The Labute approximate surface area is 120 Å². The van der Waals surface area contributed by atoms with Crippen LogP contribution in [0.25, 0.3) is 0 Å². The highest BCUT2D eigenvalue weighted by molar-refractivity contribution is 6.31. The second kappa shape index (κ2) is 5.63. The lowest BCUT2D eigenvalue weighted by molar-refractivity contribution is 0.0996. The van der Waals surface area contributed by atoms with Gasteiger partial charge in [0.25, 0.3) is 5.91 Å². The van der Waals surface area contributed by atoms with Crippen LogP contribution in [0.15, 0.2) is 42.5 Å². The Bertz CT molecular complexity index is 686. The van der Waals surface area contributed by atoms with Crippen molar-refractivity contribution in [1.29, 1.82) is 0 Å². The minimum absolute atomic E-state index is 0.279. The van der Waals surface area contributed by atoms with Crippen LogP contribution in [0.1, 0.15) is 20.7 Å². The van der Waals surface area contributed by atoms with Crippen molar-refractivity contribution in [2.75, 3.05) is 11.1 Å². The predicted molar refractivity (Wildman–Crippen MR) is 78.8 cm³/mol. The van der Waals surface area contributed by atoms with E-state index in [0.29, 0.717) is 21.8 Å². The standard InChI is InChI=1S/C14H12ClN3O2/c15-9-4-5-11(12(16)7-9)14(20)18-10-3-1-2-8(6-10)13(17)19/h1-7H,16H2,(H2,17,19)(H,18,20). The minimum atomic E-state index is -0.563. The van der Waals surface area contributed by atoms with E-state index in [0.717, 1.165) is 0 Å². The fraction of sp³-hybridized carbons (Fsp3) is 0. The fourth-order valence-electron chi connectivity index (χ4n) is 1.69. The first-order valence-electron chi connectivity index (χ1n) is 5.73. The Morgan fingerprint density at radius 3 is 2.50 bits per heavy atom. The van der Waals surface area contributed by atoms with Crippen LogP contribution in [0.2, 0.25) is 5.02 Å². The van der Waals surface area contributed by atoms with Gasteiger partial charge in [0.15, 0.2) is 0 Å². The first kappa shape index (κ1) is 13.9. The molecule has 6 heteroatoms. The number of carbonyl (C=O) groups is 2. The number of halogens is 1. The molecular weight excluding hydrogens is 278 g/mol. The molecule has 2 rings (SSSR count). The third-order valence-electron chi connectivity index (χ3n) is 2.66. The van der Waals surface area contributed by atoms with Crippen molar-refractivity contribution in [1.82, 2.24) is 0 Å². The third kappa shape index (κ3) is 3.07. The van der Waals surface area contributed by atoms with E-state index in [1.165, 1.54) is 18.2 Å². The van der Waals surface area contributed by atoms with Crippen LogP contribution < -0.4 is 16.8 Å². The monoisotopic (exact) mass is 289 g/mol. The molecule has 0 bridgehead atoms. The number of nitrogens with one attached hydrogen (secondary N) is 1. The Hall–Kier alpha value is -2.53. The molecule has 0 heterocycles. The van der Waals surface area contributed by atoms with Crippen LogP contribution in [0.4, 0.5) is 11.4 Å². The largest absolute Gasteiger partial charge is 0.398 e. The minimum Gasteiger partial charge on any atom is -0.398 e. The summed E-state index contributed by atoms with van der Waals surface area (Å²) >= 11 is 5.77. The van der Waals surface area contributed by atoms with Crippen LogP contribution in [0, 0.1) is 0 Å². The van der Waals surface area contributed by atoms with Gasteiger partial charge >= 0.3 is 0 Å².